The monoisotopic (exact) mass is 398 g/mol. The molecule has 0 radical (unpaired) electrons. The van der Waals surface area contributed by atoms with Crippen LogP contribution in [0.4, 0.5) is 0 Å². The summed E-state index contributed by atoms with van der Waals surface area (Å²) in [7, 11) is 0. The number of carboxylic acids is 1. The molecule has 3 rings (SSSR count). The molecule has 2 heterocycles. The van der Waals surface area contributed by atoms with Gasteiger partial charge in [0.05, 0.1) is 24.2 Å². The summed E-state index contributed by atoms with van der Waals surface area (Å²) in [5.74, 6) is 0.880. The van der Waals surface area contributed by atoms with Crippen LogP contribution < -0.4 is 10.1 Å². The Labute approximate surface area is 167 Å². The van der Waals surface area contributed by atoms with Crippen molar-refractivity contribution in [1.82, 2.24) is 10.5 Å². The number of rotatable bonds is 8. The molecular weight excluding hydrogens is 376 g/mol. The van der Waals surface area contributed by atoms with Gasteiger partial charge in [0.1, 0.15) is 35.2 Å². The number of benzene rings is 1. The Morgan fingerprint density at radius 3 is 2.45 bits per heavy atom. The SMILES string of the molecule is Cc1noc(C)c1COc1ccc(CC(=O)NCc2cc(C(=O)O)c(C)o2)cc1. The Balaban J connectivity index is 1.49. The summed E-state index contributed by atoms with van der Waals surface area (Å²) in [6, 6.07) is 8.66. The zero-order valence-corrected chi connectivity index (χ0v) is 16.4. The van der Waals surface area contributed by atoms with Crippen molar-refractivity contribution in [3.63, 3.8) is 0 Å². The standard InChI is InChI=1S/C21H22N2O6/c1-12-19(14(3)29-23-12)11-27-16-6-4-15(5-7-16)8-20(24)22-10-17-9-18(21(25)26)13(2)28-17/h4-7,9H,8,10-11H2,1-3H3,(H,22,24)(H,25,26). The molecule has 0 spiro atoms. The van der Waals surface area contributed by atoms with Crippen molar-refractivity contribution in [3.8, 4) is 5.75 Å². The predicted molar refractivity (Wildman–Crippen MR) is 103 cm³/mol. The van der Waals surface area contributed by atoms with E-state index in [4.69, 9.17) is 18.8 Å². The van der Waals surface area contributed by atoms with Crippen molar-refractivity contribution < 1.29 is 28.4 Å². The summed E-state index contributed by atoms with van der Waals surface area (Å²) in [4.78, 5) is 23.2. The van der Waals surface area contributed by atoms with E-state index in [-0.39, 0.29) is 24.4 Å². The van der Waals surface area contributed by atoms with E-state index in [1.54, 1.807) is 19.1 Å². The third kappa shape index (κ3) is 5.04. The van der Waals surface area contributed by atoms with E-state index in [1.165, 1.54) is 6.07 Å². The number of aromatic nitrogens is 1. The van der Waals surface area contributed by atoms with E-state index >= 15 is 0 Å². The largest absolute Gasteiger partial charge is 0.489 e. The van der Waals surface area contributed by atoms with Gasteiger partial charge in [-0.1, -0.05) is 17.3 Å². The molecular formula is C21H22N2O6. The van der Waals surface area contributed by atoms with Crippen LogP contribution in [0.25, 0.3) is 0 Å². The first-order chi connectivity index (χ1) is 13.8. The molecule has 152 valence electrons. The number of aromatic carboxylic acids is 1. The van der Waals surface area contributed by atoms with Gasteiger partial charge >= 0.3 is 5.97 Å². The lowest BCUT2D eigenvalue weighted by atomic mass is 10.1. The van der Waals surface area contributed by atoms with Crippen molar-refractivity contribution in [3.05, 3.63) is 70.0 Å². The normalized spacial score (nSPS) is 10.7. The highest BCUT2D eigenvalue weighted by molar-refractivity contribution is 5.88. The number of aryl methyl sites for hydroxylation is 3. The van der Waals surface area contributed by atoms with Crippen molar-refractivity contribution in [2.75, 3.05) is 0 Å². The third-order valence-electron chi connectivity index (χ3n) is 4.51. The molecule has 0 unspecified atom stereocenters. The van der Waals surface area contributed by atoms with Gasteiger partial charge in [0, 0.05) is 0 Å². The molecule has 29 heavy (non-hydrogen) atoms. The Morgan fingerprint density at radius 2 is 1.86 bits per heavy atom. The maximum atomic E-state index is 12.1. The topological polar surface area (TPSA) is 115 Å². The van der Waals surface area contributed by atoms with Crippen LogP contribution in [0.1, 0.15) is 44.5 Å². The minimum Gasteiger partial charge on any atom is -0.489 e. The number of nitrogens with one attached hydrogen (secondary N) is 1. The lowest BCUT2D eigenvalue weighted by Gasteiger charge is -2.07. The summed E-state index contributed by atoms with van der Waals surface area (Å²) in [5.41, 5.74) is 2.65. The lowest BCUT2D eigenvalue weighted by molar-refractivity contribution is -0.120. The third-order valence-corrected chi connectivity index (χ3v) is 4.51. The number of hydrogen-bond acceptors (Lipinski definition) is 6. The van der Waals surface area contributed by atoms with Gasteiger partial charge in [-0.15, -0.1) is 0 Å². The highest BCUT2D eigenvalue weighted by Crippen LogP contribution is 2.18. The van der Waals surface area contributed by atoms with E-state index in [0.29, 0.717) is 23.9 Å². The van der Waals surface area contributed by atoms with Crippen molar-refractivity contribution in [1.29, 1.82) is 0 Å². The van der Waals surface area contributed by atoms with Crippen molar-refractivity contribution in [2.24, 2.45) is 0 Å². The molecule has 0 saturated heterocycles. The maximum Gasteiger partial charge on any atom is 0.339 e. The summed E-state index contributed by atoms with van der Waals surface area (Å²) in [6.07, 6.45) is 0.190. The molecule has 0 aliphatic heterocycles. The van der Waals surface area contributed by atoms with Gasteiger partial charge in [-0.2, -0.15) is 0 Å². The quantitative estimate of drug-likeness (QED) is 0.598. The van der Waals surface area contributed by atoms with Crippen LogP contribution in [0.2, 0.25) is 0 Å². The molecule has 2 aromatic heterocycles. The molecule has 1 aromatic carbocycles. The molecule has 0 fully saturated rings. The first-order valence-corrected chi connectivity index (χ1v) is 9.06. The second kappa shape index (κ2) is 8.64. The summed E-state index contributed by atoms with van der Waals surface area (Å²) < 4.78 is 16.2. The molecule has 0 aliphatic rings. The number of nitrogens with zero attached hydrogens (tertiary/aromatic N) is 1. The van der Waals surface area contributed by atoms with Gasteiger partial charge in [0.2, 0.25) is 5.91 Å². The number of ether oxygens (including phenoxy) is 1. The lowest BCUT2D eigenvalue weighted by Crippen LogP contribution is -2.24. The molecule has 3 aromatic rings. The number of furan rings is 1. The first-order valence-electron chi connectivity index (χ1n) is 9.06. The zero-order chi connectivity index (χ0) is 21.0. The number of carbonyl (C=O) groups is 2. The van der Waals surface area contributed by atoms with E-state index in [9.17, 15) is 9.59 Å². The van der Waals surface area contributed by atoms with Gasteiger partial charge in [0.25, 0.3) is 0 Å². The molecule has 0 saturated carbocycles. The summed E-state index contributed by atoms with van der Waals surface area (Å²) in [6.45, 7) is 5.77. The molecule has 8 heteroatoms. The first kappa shape index (κ1) is 20.2. The molecule has 8 nitrogen and oxygen atoms in total. The number of amides is 1. The van der Waals surface area contributed by atoms with Gasteiger partial charge in [0.15, 0.2) is 0 Å². The number of carbonyl (C=O) groups excluding carboxylic acids is 1. The number of carboxylic acid groups (broad SMARTS) is 1. The molecule has 0 aliphatic carbocycles. The van der Waals surface area contributed by atoms with Gasteiger partial charge in [-0.05, 0) is 44.5 Å². The highest BCUT2D eigenvalue weighted by Gasteiger charge is 2.14. The Kier molecular flexibility index (Phi) is 6.01. The Hall–Kier alpha value is -3.55. The molecule has 0 bridgehead atoms. The van der Waals surface area contributed by atoms with Crippen LogP contribution in [0, 0.1) is 20.8 Å². The highest BCUT2D eigenvalue weighted by atomic mass is 16.5. The minimum atomic E-state index is -1.06. The van der Waals surface area contributed by atoms with Crippen LogP contribution in [0.5, 0.6) is 5.75 Å². The van der Waals surface area contributed by atoms with Crippen LogP contribution >= 0.6 is 0 Å². The second-order valence-electron chi connectivity index (χ2n) is 6.68. The molecule has 2 N–H and O–H groups in total. The van der Waals surface area contributed by atoms with E-state index in [0.717, 1.165) is 22.6 Å². The Morgan fingerprint density at radius 1 is 1.14 bits per heavy atom. The van der Waals surface area contributed by atoms with E-state index in [2.05, 4.69) is 10.5 Å². The fourth-order valence-corrected chi connectivity index (χ4v) is 2.84. The Bertz CT molecular complexity index is 997. The minimum absolute atomic E-state index is 0.0985. The average molecular weight is 398 g/mol. The average Bonchev–Trinajstić information content (AvgIpc) is 3.21. The zero-order valence-electron chi connectivity index (χ0n) is 16.4. The van der Waals surface area contributed by atoms with Gasteiger partial charge < -0.3 is 24.1 Å². The molecule has 0 atom stereocenters. The van der Waals surface area contributed by atoms with E-state index in [1.807, 2.05) is 26.0 Å². The van der Waals surface area contributed by atoms with Crippen molar-refractivity contribution in [2.45, 2.75) is 40.3 Å². The van der Waals surface area contributed by atoms with Crippen LogP contribution in [0.3, 0.4) is 0 Å². The fraction of sp³-hybridized carbons (Fsp3) is 0.286. The van der Waals surface area contributed by atoms with Crippen LogP contribution in [0.15, 0.2) is 39.3 Å². The van der Waals surface area contributed by atoms with Crippen LogP contribution in [-0.4, -0.2) is 22.1 Å². The second-order valence-corrected chi connectivity index (χ2v) is 6.68. The number of hydrogen-bond donors (Lipinski definition) is 2. The summed E-state index contributed by atoms with van der Waals surface area (Å²) in [5, 5.41) is 15.6. The fourth-order valence-electron chi connectivity index (χ4n) is 2.84. The van der Waals surface area contributed by atoms with Crippen LogP contribution in [-0.2, 0) is 24.4 Å². The predicted octanol–water partition coefficient (Wildman–Crippen LogP) is 3.33. The van der Waals surface area contributed by atoms with Gasteiger partial charge in [-0.3, -0.25) is 4.79 Å². The smallest absolute Gasteiger partial charge is 0.339 e. The maximum absolute atomic E-state index is 12.1. The van der Waals surface area contributed by atoms with E-state index < -0.39 is 5.97 Å². The molecule has 1 amide bonds. The van der Waals surface area contributed by atoms with Crippen molar-refractivity contribution >= 4 is 11.9 Å². The van der Waals surface area contributed by atoms with Gasteiger partial charge in [-0.25, -0.2) is 4.79 Å². The summed E-state index contributed by atoms with van der Waals surface area (Å²) >= 11 is 0.